The predicted molar refractivity (Wildman–Crippen MR) is 65.7 cm³/mol. The molecule has 0 radical (unpaired) electrons. The van der Waals surface area contributed by atoms with Crippen molar-refractivity contribution < 1.29 is 23.4 Å². The molecule has 0 aromatic heterocycles. The zero-order chi connectivity index (χ0) is 14.4. The van der Waals surface area contributed by atoms with E-state index in [1.54, 1.807) is 0 Å². The first-order valence-corrected chi connectivity index (χ1v) is 5.95. The molecule has 19 heavy (non-hydrogen) atoms. The molecule has 1 aromatic rings. The normalized spacial score (nSPS) is 10.6. The molecule has 4 nitrogen and oxygen atoms in total. The number of amides is 1. The molecule has 0 aliphatic heterocycles. The first-order chi connectivity index (χ1) is 8.93. The SMILES string of the molecule is CC(C)NC(=O)CCOc1c(F)cc(CO)cc1F. The fourth-order valence-electron chi connectivity index (χ4n) is 1.48. The number of hydrogen-bond acceptors (Lipinski definition) is 3. The van der Waals surface area contributed by atoms with Crippen LogP contribution in [0.15, 0.2) is 12.1 Å². The number of benzene rings is 1. The third-order valence-electron chi connectivity index (χ3n) is 2.27. The van der Waals surface area contributed by atoms with Crippen molar-refractivity contribution in [2.45, 2.75) is 32.9 Å². The summed E-state index contributed by atoms with van der Waals surface area (Å²) < 4.78 is 31.8. The van der Waals surface area contributed by atoms with E-state index in [2.05, 4.69) is 5.32 Å². The van der Waals surface area contributed by atoms with Crippen LogP contribution in [0.1, 0.15) is 25.8 Å². The smallest absolute Gasteiger partial charge is 0.223 e. The van der Waals surface area contributed by atoms with Gasteiger partial charge in [-0.1, -0.05) is 0 Å². The second-order valence-corrected chi connectivity index (χ2v) is 4.37. The molecular formula is C13H17F2NO3. The number of rotatable bonds is 6. The summed E-state index contributed by atoms with van der Waals surface area (Å²) in [5, 5.41) is 11.4. The van der Waals surface area contributed by atoms with E-state index >= 15 is 0 Å². The van der Waals surface area contributed by atoms with Gasteiger partial charge in [0.1, 0.15) is 0 Å². The van der Waals surface area contributed by atoms with E-state index in [0.29, 0.717) is 0 Å². The molecule has 0 spiro atoms. The number of hydrogen-bond donors (Lipinski definition) is 2. The largest absolute Gasteiger partial charge is 0.487 e. The lowest BCUT2D eigenvalue weighted by Gasteiger charge is -2.11. The summed E-state index contributed by atoms with van der Waals surface area (Å²) >= 11 is 0. The van der Waals surface area contributed by atoms with Crippen LogP contribution in [0.2, 0.25) is 0 Å². The topological polar surface area (TPSA) is 58.6 Å². The van der Waals surface area contributed by atoms with Gasteiger partial charge in [-0.15, -0.1) is 0 Å². The Balaban J connectivity index is 2.56. The molecule has 106 valence electrons. The van der Waals surface area contributed by atoms with Crippen LogP contribution in [0.25, 0.3) is 0 Å². The quantitative estimate of drug-likeness (QED) is 0.830. The lowest BCUT2D eigenvalue weighted by atomic mass is 10.2. The maximum atomic E-state index is 13.5. The van der Waals surface area contributed by atoms with Gasteiger partial charge in [-0.3, -0.25) is 4.79 Å². The molecule has 1 amide bonds. The van der Waals surface area contributed by atoms with Gasteiger partial charge in [0.15, 0.2) is 17.4 Å². The molecule has 0 aliphatic carbocycles. The highest BCUT2D eigenvalue weighted by Crippen LogP contribution is 2.23. The standard InChI is InChI=1S/C13H17F2NO3/c1-8(2)16-12(18)3-4-19-13-10(14)5-9(7-17)6-11(13)15/h5-6,8,17H,3-4,7H2,1-2H3,(H,16,18). The summed E-state index contributed by atoms with van der Waals surface area (Å²) in [5.74, 6) is -2.57. The average Bonchev–Trinajstić information content (AvgIpc) is 2.31. The summed E-state index contributed by atoms with van der Waals surface area (Å²) in [5.41, 5.74) is 0.125. The number of aliphatic hydroxyl groups excluding tert-OH is 1. The molecule has 2 N–H and O–H groups in total. The van der Waals surface area contributed by atoms with Crippen molar-refractivity contribution >= 4 is 5.91 Å². The molecule has 0 heterocycles. The second kappa shape index (κ2) is 7.04. The molecule has 1 rings (SSSR count). The van der Waals surface area contributed by atoms with Crippen LogP contribution < -0.4 is 10.1 Å². The van der Waals surface area contributed by atoms with Crippen molar-refractivity contribution in [1.29, 1.82) is 0 Å². The Morgan fingerprint density at radius 3 is 2.42 bits per heavy atom. The fraction of sp³-hybridized carbons (Fsp3) is 0.462. The van der Waals surface area contributed by atoms with Gasteiger partial charge in [-0.25, -0.2) is 8.78 Å². The van der Waals surface area contributed by atoms with Crippen molar-refractivity contribution in [1.82, 2.24) is 5.32 Å². The van der Waals surface area contributed by atoms with Crippen LogP contribution >= 0.6 is 0 Å². The van der Waals surface area contributed by atoms with Crippen molar-refractivity contribution in [3.63, 3.8) is 0 Å². The minimum atomic E-state index is -0.895. The first kappa shape index (κ1) is 15.4. The van der Waals surface area contributed by atoms with Crippen LogP contribution in [-0.2, 0) is 11.4 Å². The molecule has 6 heteroatoms. The highest BCUT2D eigenvalue weighted by molar-refractivity contribution is 5.76. The number of halogens is 2. The van der Waals surface area contributed by atoms with Gasteiger partial charge >= 0.3 is 0 Å². The van der Waals surface area contributed by atoms with Gasteiger partial charge in [-0.2, -0.15) is 0 Å². The van der Waals surface area contributed by atoms with Gasteiger partial charge in [0, 0.05) is 6.04 Å². The van der Waals surface area contributed by atoms with E-state index in [-0.39, 0.29) is 30.5 Å². The van der Waals surface area contributed by atoms with E-state index in [4.69, 9.17) is 9.84 Å². The number of carbonyl (C=O) groups is 1. The Morgan fingerprint density at radius 1 is 1.37 bits per heavy atom. The van der Waals surface area contributed by atoms with E-state index in [1.165, 1.54) is 0 Å². The zero-order valence-electron chi connectivity index (χ0n) is 10.9. The molecule has 0 saturated carbocycles. The minimum Gasteiger partial charge on any atom is -0.487 e. The summed E-state index contributed by atoms with van der Waals surface area (Å²) in [7, 11) is 0. The number of nitrogens with one attached hydrogen (secondary N) is 1. The van der Waals surface area contributed by atoms with Crippen LogP contribution in [0, 0.1) is 11.6 Å². The van der Waals surface area contributed by atoms with Gasteiger partial charge in [0.2, 0.25) is 5.91 Å². The molecule has 0 unspecified atom stereocenters. The summed E-state index contributed by atoms with van der Waals surface area (Å²) in [6, 6.07) is 1.99. The summed E-state index contributed by atoms with van der Waals surface area (Å²) in [6.45, 7) is 3.05. The lowest BCUT2D eigenvalue weighted by Crippen LogP contribution is -2.31. The zero-order valence-corrected chi connectivity index (χ0v) is 10.9. The van der Waals surface area contributed by atoms with Crippen molar-refractivity contribution in [2.24, 2.45) is 0 Å². The molecule has 0 fully saturated rings. The van der Waals surface area contributed by atoms with Crippen molar-refractivity contribution in [2.75, 3.05) is 6.61 Å². The monoisotopic (exact) mass is 273 g/mol. The van der Waals surface area contributed by atoms with E-state index in [1.807, 2.05) is 13.8 Å². The maximum Gasteiger partial charge on any atom is 0.223 e. The van der Waals surface area contributed by atoms with Crippen LogP contribution in [-0.4, -0.2) is 23.7 Å². The van der Waals surface area contributed by atoms with E-state index in [9.17, 15) is 13.6 Å². The minimum absolute atomic E-state index is 0.00445. The number of aliphatic hydroxyl groups is 1. The predicted octanol–water partition coefficient (Wildman–Crippen LogP) is 1.75. The first-order valence-electron chi connectivity index (χ1n) is 5.95. The van der Waals surface area contributed by atoms with Crippen molar-refractivity contribution in [3.8, 4) is 5.75 Å². The summed E-state index contributed by atoms with van der Waals surface area (Å²) in [6.07, 6.45) is 0.0127. The third-order valence-corrected chi connectivity index (χ3v) is 2.27. The fourth-order valence-corrected chi connectivity index (χ4v) is 1.48. The molecule has 0 atom stereocenters. The molecule has 1 aromatic carbocycles. The van der Waals surface area contributed by atoms with Gasteiger partial charge < -0.3 is 15.2 Å². The average molecular weight is 273 g/mol. The molecule has 0 bridgehead atoms. The lowest BCUT2D eigenvalue weighted by molar-refractivity contribution is -0.122. The third kappa shape index (κ3) is 4.82. The van der Waals surface area contributed by atoms with Crippen LogP contribution in [0.4, 0.5) is 8.78 Å². The van der Waals surface area contributed by atoms with Gasteiger partial charge in [-0.05, 0) is 31.5 Å². The Morgan fingerprint density at radius 2 is 1.95 bits per heavy atom. The highest BCUT2D eigenvalue weighted by atomic mass is 19.1. The van der Waals surface area contributed by atoms with Crippen molar-refractivity contribution in [3.05, 3.63) is 29.3 Å². The maximum absolute atomic E-state index is 13.5. The number of ether oxygens (including phenoxy) is 1. The molecule has 0 saturated heterocycles. The van der Waals surface area contributed by atoms with Crippen LogP contribution in [0.5, 0.6) is 5.75 Å². The summed E-state index contributed by atoms with van der Waals surface area (Å²) in [4.78, 5) is 11.3. The van der Waals surface area contributed by atoms with Gasteiger partial charge in [0.25, 0.3) is 0 Å². The van der Waals surface area contributed by atoms with Crippen LogP contribution in [0.3, 0.4) is 0 Å². The highest BCUT2D eigenvalue weighted by Gasteiger charge is 2.13. The molecule has 0 aliphatic rings. The molecular weight excluding hydrogens is 256 g/mol. The number of carbonyl (C=O) groups excluding carboxylic acids is 1. The van der Waals surface area contributed by atoms with E-state index in [0.717, 1.165) is 12.1 Å². The Labute approximate surface area is 110 Å². The second-order valence-electron chi connectivity index (χ2n) is 4.37. The Kier molecular flexibility index (Phi) is 5.69. The van der Waals surface area contributed by atoms with Gasteiger partial charge in [0.05, 0.1) is 19.6 Å². The Bertz CT molecular complexity index is 427. The van der Waals surface area contributed by atoms with E-state index < -0.39 is 24.0 Å². The Hall–Kier alpha value is -1.69.